The molecule has 1 aromatic rings. The number of benzene rings is 1. The lowest BCUT2D eigenvalue weighted by atomic mass is 9.89. The summed E-state index contributed by atoms with van der Waals surface area (Å²) in [5.41, 5.74) is 6.56. The first-order valence-electron chi connectivity index (χ1n) is 18.9. The van der Waals surface area contributed by atoms with Crippen LogP contribution in [0.25, 0.3) is 5.57 Å². The van der Waals surface area contributed by atoms with Gasteiger partial charge in [0.25, 0.3) is 0 Å². The number of hydrogen-bond acceptors (Lipinski definition) is 9. The van der Waals surface area contributed by atoms with Gasteiger partial charge in [-0.1, -0.05) is 56.8 Å². The number of carbonyl (C=O) groups excluding carboxylic acids is 3. The third kappa shape index (κ3) is 17.8. The molecule has 2 heterocycles. The molecule has 2 aliphatic heterocycles. The highest BCUT2D eigenvalue weighted by molar-refractivity contribution is 6.30. The summed E-state index contributed by atoms with van der Waals surface area (Å²) in [5.74, 6) is -0.287. The smallest absolute Gasteiger partial charge is 0.410 e. The van der Waals surface area contributed by atoms with Crippen molar-refractivity contribution >= 4 is 41.6 Å². The summed E-state index contributed by atoms with van der Waals surface area (Å²) in [7, 11) is 5.22. The largest absolute Gasteiger partial charge is 0.446 e. The molecule has 3 rings (SSSR count). The first-order valence-corrected chi connectivity index (χ1v) is 19.3. The topological polar surface area (TPSA) is 142 Å². The Hall–Kier alpha value is -4.33. The fraction of sp³-hybridized carbons (Fsp3) is 0.561. The SMILES string of the molecule is C=C(c1cc(Cl)ccc1C(C/C=C\C)N1CCN(C(=O)OC2CCN(C(=O)OC(C)(C)C)CC2)CC1)C(/C=C/N=CN(C)C)NC(=O)COC.C=CN.CC. The fourth-order valence-corrected chi connectivity index (χ4v) is 6.00. The molecule has 0 bridgehead atoms. The summed E-state index contributed by atoms with van der Waals surface area (Å²) in [6, 6.07) is 5.16. The van der Waals surface area contributed by atoms with Crippen molar-refractivity contribution in [2.24, 2.45) is 10.7 Å². The van der Waals surface area contributed by atoms with Gasteiger partial charge in [-0.15, -0.1) is 0 Å². The molecule has 14 heteroatoms. The Balaban J connectivity index is 0.00000288. The van der Waals surface area contributed by atoms with E-state index in [2.05, 4.69) is 40.2 Å². The lowest BCUT2D eigenvalue weighted by Gasteiger charge is -2.40. The standard InChI is InChI=1S/C37H55ClN6O6.C2H5N.C2H6/c1-9-10-11-33(30-13-12-28(38)24-31(30)27(2)32(40-34(45)25-48-8)14-17-39-26-41(6)7)42-20-22-44(23-21-42)35(46)49-29-15-18-43(19-16-29)36(47)50-37(3,4)5;1-2-3;1-2/h9-10,12-14,17,24,26,29,32-33H,2,11,15-16,18-23,25H2,1,3-8H3,(H,40,45);2H,1,3H2;1-2H3/b10-9-,17-14+,39-26?;;. The second kappa shape index (κ2) is 25.7. The highest BCUT2D eigenvalue weighted by atomic mass is 35.5. The Kier molecular flexibility index (Phi) is 22.7. The number of piperidine rings is 1. The molecule has 3 amide bonds. The van der Waals surface area contributed by atoms with Crippen molar-refractivity contribution in [1.29, 1.82) is 0 Å². The van der Waals surface area contributed by atoms with Crippen molar-refractivity contribution in [2.45, 2.75) is 84.6 Å². The van der Waals surface area contributed by atoms with E-state index in [1.54, 1.807) is 28.4 Å². The van der Waals surface area contributed by atoms with Crippen molar-refractivity contribution in [2.75, 3.05) is 67.1 Å². The first-order chi connectivity index (χ1) is 26.1. The number of nitrogens with zero attached hydrogens (tertiary/aromatic N) is 5. The summed E-state index contributed by atoms with van der Waals surface area (Å²) < 4.78 is 16.4. The van der Waals surface area contributed by atoms with Gasteiger partial charge in [0, 0.05) is 90.6 Å². The van der Waals surface area contributed by atoms with Gasteiger partial charge < -0.3 is 40.0 Å². The fourth-order valence-electron chi connectivity index (χ4n) is 5.82. The van der Waals surface area contributed by atoms with Gasteiger partial charge >= 0.3 is 12.2 Å². The van der Waals surface area contributed by atoms with Gasteiger partial charge in [-0.3, -0.25) is 9.69 Å². The van der Waals surface area contributed by atoms with Crippen molar-refractivity contribution < 1.29 is 28.6 Å². The van der Waals surface area contributed by atoms with Crippen molar-refractivity contribution in [3.05, 3.63) is 78.1 Å². The van der Waals surface area contributed by atoms with E-state index >= 15 is 0 Å². The Morgan fingerprint density at radius 2 is 1.67 bits per heavy atom. The number of likely N-dealkylation sites (tertiary alicyclic amines) is 1. The van der Waals surface area contributed by atoms with Crippen molar-refractivity contribution in [3.8, 4) is 0 Å². The third-order valence-corrected chi connectivity index (χ3v) is 8.55. The van der Waals surface area contributed by atoms with Gasteiger partial charge in [0.2, 0.25) is 5.91 Å². The average Bonchev–Trinajstić information content (AvgIpc) is 3.14. The number of halogens is 1. The molecule has 1 aromatic carbocycles. The predicted octanol–water partition coefficient (Wildman–Crippen LogP) is 6.86. The number of aliphatic imine (C=N–C) groups is 1. The quantitative estimate of drug-likeness (QED) is 0.125. The van der Waals surface area contributed by atoms with Crippen LogP contribution in [-0.2, 0) is 19.0 Å². The van der Waals surface area contributed by atoms with Gasteiger partial charge in [0.1, 0.15) is 18.3 Å². The highest BCUT2D eigenvalue weighted by Gasteiger charge is 2.33. The van der Waals surface area contributed by atoms with Crippen molar-refractivity contribution in [3.63, 3.8) is 0 Å². The van der Waals surface area contributed by atoms with E-state index in [0.717, 1.165) is 17.5 Å². The lowest BCUT2D eigenvalue weighted by molar-refractivity contribution is -0.124. The maximum absolute atomic E-state index is 13.2. The zero-order valence-corrected chi connectivity index (χ0v) is 35.3. The van der Waals surface area contributed by atoms with Crippen LogP contribution < -0.4 is 11.1 Å². The molecular formula is C41H66ClN7O6. The highest BCUT2D eigenvalue weighted by Crippen LogP contribution is 2.35. The Morgan fingerprint density at radius 3 is 2.22 bits per heavy atom. The zero-order valence-electron chi connectivity index (χ0n) is 34.6. The Morgan fingerprint density at radius 1 is 1.07 bits per heavy atom. The second-order valence-electron chi connectivity index (χ2n) is 13.9. The molecular weight excluding hydrogens is 722 g/mol. The number of allylic oxidation sites excluding steroid dienone is 1. The number of nitrogens with one attached hydrogen (secondary N) is 1. The number of rotatable bonds is 13. The molecule has 2 atom stereocenters. The van der Waals surface area contributed by atoms with Crippen LogP contribution in [0.3, 0.4) is 0 Å². The summed E-state index contributed by atoms with van der Waals surface area (Å²) >= 11 is 6.55. The van der Waals surface area contributed by atoms with E-state index in [4.69, 9.17) is 25.8 Å². The molecule has 0 aliphatic carbocycles. The molecule has 2 fully saturated rings. The molecule has 3 N–H and O–H groups in total. The molecule has 0 radical (unpaired) electrons. The van der Waals surface area contributed by atoms with E-state index in [9.17, 15) is 14.4 Å². The first kappa shape index (κ1) is 48.7. The van der Waals surface area contributed by atoms with E-state index < -0.39 is 11.6 Å². The number of carbonyl (C=O) groups is 3. The van der Waals surface area contributed by atoms with Crippen LogP contribution in [0.15, 0.2) is 67.0 Å². The number of amides is 3. The maximum atomic E-state index is 13.2. The summed E-state index contributed by atoms with van der Waals surface area (Å²) in [6.45, 7) is 22.2. The minimum Gasteiger partial charge on any atom is -0.446 e. The molecule has 2 unspecified atom stereocenters. The lowest BCUT2D eigenvalue weighted by Crippen LogP contribution is -2.51. The summed E-state index contributed by atoms with van der Waals surface area (Å²) in [6.07, 6.45) is 11.4. The molecule has 0 aromatic heterocycles. The van der Waals surface area contributed by atoms with Gasteiger partial charge in [0.15, 0.2) is 0 Å². The molecule has 0 spiro atoms. The third-order valence-electron chi connectivity index (χ3n) is 8.32. The number of hydrogen-bond donors (Lipinski definition) is 2. The minimum absolute atomic E-state index is 0.0448. The van der Waals surface area contributed by atoms with Crippen LogP contribution in [0.2, 0.25) is 5.02 Å². The van der Waals surface area contributed by atoms with Gasteiger partial charge in [-0.2, -0.15) is 0 Å². The van der Waals surface area contributed by atoms with Crippen LogP contribution in [0.5, 0.6) is 0 Å². The summed E-state index contributed by atoms with van der Waals surface area (Å²) in [5, 5.41) is 3.54. The van der Waals surface area contributed by atoms with Crippen LogP contribution in [-0.4, -0.2) is 129 Å². The molecule has 308 valence electrons. The molecule has 0 saturated carbocycles. The van der Waals surface area contributed by atoms with E-state index in [1.165, 1.54) is 13.3 Å². The normalized spacial score (nSPS) is 16.4. The molecule has 13 nitrogen and oxygen atoms in total. The predicted molar refractivity (Wildman–Crippen MR) is 224 cm³/mol. The number of methoxy groups -OCH3 is 1. The van der Waals surface area contributed by atoms with Crippen LogP contribution in [0.4, 0.5) is 9.59 Å². The molecule has 2 aliphatic rings. The Labute approximate surface area is 334 Å². The van der Waals surface area contributed by atoms with E-state index in [1.807, 2.05) is 84.8 Å². The monoisotopic (exact) mass is 787 g/mol. The maximum Gasteiger partial charge on any atom is 0.410 e. The van der Waals surface area contributed by atoms with E-state index in [-0.39, 0.29) is 36.8 Å². The van der Waals surface area contributed by atoms with Crippen LogP contribution in [0, 0.1) is 0 Å². The Bertz CT molecular complexity index is 1440. The second-order valence-corrected chi connectivity index (χ2v) is 14.4. The van der Waals surface area contributed by atoms with Crippen LogP contribution in [0.1, 0.15) is 78.0 Å². The number of ether oxygens (including phenoxy) is 3. The molecule has 2 saturated heterocycles. The number of nitrogens with two attached hydrogens (primary N) is 1. The minimum atomic E-state index is -0.570. The van der Waals surface area contributed by atoms with Crippen molar-refractivity contribution in [1.82, 2.24) is 24.9 Å². The van der Waals surface area contributed by atoms with E-state index in [0.29, 0.717) is 62.7 Å². The average molecular weight is 788 g/mol. The van der Waals surface area contributed by atoms with Crippen LogP contribution >= 0.6 is 11.6 Å². The van der Waals surface area contributed by atoms with Gasteiger partial charge in [-0.25, -0.2) is 14.6 Å². The molecule has 55 heavy (non-hydrogen) atoms. The van der Waals surface area contributed by atoms with Gasteiger partial charge in [-0.05, 0) is 75.2 Å². The summed E-state index contributed by atoms with van der Waals surface area (Å²) in [4.78, 5) is 50.2. The number of piperazine rings is 1. The van der Waals surface area contributed by atoms with Gasteiger partial charge in [0.05, 0.1) is 12.4 Å². The zero-order chi connectivity index (χ0) is 41.6.